The molecule has 0 atom stereocenters. The highest BCUT2D eigenvalue weighted by Crippen LogP contribution is 2.32. The standard InChI is InChI=1S/C21H28ClN5/c1-4-5-12-18-25-19-20(27(18)14-9-8-13-22)16-10-6-7-11-17(16)24-21(19)23-15-26(2)3/h6-7,10-11,15H,4-5,8-9,12-14H2,1-3H3. The van der Waals surface area contributed by atoms with E-state index in [-0.39, 0.29) is 0 Å². The predicted octanol–water partition coefficient (Wildman–Crippen LogP) is 5.17. The molecular formula is C21H28ClN5. The Labute approximate surface area is 166 Å². The van der Waals surface area contributed by atoms with Crippen LogP contribution in [-0.4, -0.2) is 45.7 Å². The molecule has 3 rings (SSSR count). The Hall–Kier alpha value is -2.14. The Kier molecular flexibility index (Phi) is 6.67. The van der Waals surface area contributed by atoms with Crippen LogP contribution in [-0.2, 0) is 13.0 Å². The van der Waals surface area contributed by atoms with Gasteiger partial charge in [0, 0.05) is 38.3 Å². The number of nitrogens with zero attached hydrogens (tertiary/aromatic N) is 5. The molecule has 0 N–H and O–H groups in total. The van der Waals surface area contributed by atoms with Crippen molar-refractivity contribution in [2.24, 2.45) is 4.99 Å². The number of aryl methyl sites for hydroxylation is 2. The molecule has 0 radical (unpaired) electrons. The summed E-state index contributed by atoms with van der Waals surface area (Å²) in [6.45, 7) is 3.14. The van der Waals surface area contributed by atoms with Gasteiger partial charge in [0.05, 0.1) is 17.4 Å². The van der Waals surface area contributed by atoms with Crippen molar-refractivity contribution < 1.29 is 0 Å². The number of benzene rings is 1. The van der Waals surface area contributed by atoms with Gasteiger partial charge in [-0.25, -0.2) is 15.0 Å². The molecule has 2 aromatic heterocycles. The van der Waals surface area contributed by atoms with E-state index >= 15 is 0 Å². The molecule has 0 aliphatic rings. The lowest BCUT2D eigenvalue weighted by Gasteiger charge is -2.10. The van der Waals surface area contributed by atoms with Crippen molar-refractivity contribution in [3.8, 4) is 0 Å². The van der Waals surface area contributed by atoms with Crippen LogP contribution in [0.4, 0.5) is 5.82 Å². The quantitative estimate of drug-likeness (QED) is 0.221. The molecule has 1 aromatic carbocycles. The van der Waals surface area contributed by atoms with Crippen molar-refractivity contribution in [2.45, 2.75) is 45.6 Å². The Morgan fingerprint density at radius 2 is 1.96 bits per heavy atom. The lowest BCUT2D eigenvalue weighted by molar-refractivity contribution is 0.606. The number of unbranched alkanes of at least 4 members (excludes halogenated alkanes) is 2. The first-order valence-corrected chi connectivity index (χ1v) is 10.2. The third-order valence-corrected chi connectivity index (χ3v) is 4.84. The lowest BCUT2D eigenvalue weighted by Crippen LogP contribution is -2.07. The topological polar surface area (TPSA) is 46.3 Å². The predicted molar refractivity (Wildman–Crippen MR) is 115 cm³/mol. The Balaban J connectivity index is 2.23. The number of rotatable bonds is 9. The molecule has 144 valence electrons. The third kappa shape index (κ3) is 4.41. The highest BCUT2D eigenvalue weighted by molar-refractivity contribution is 6.17. The van der Waals surface area contributed by atoms with E-state index in [0.717, 1.165) is 66.4 Å². The minimum atomic E-state index is 0.686. The van der Waals surface area contributed by atoms with Crippen LogP contribution in [0.3, 0.4) is 0 Å². The summed E-state index contributed by atoms with van der Waals surface area (Å²) in [5.74, 6) is 2.50. The van der Waals surface area contributed by atoms with Crippen LogP contribution in [0.15, 0.2) is 29.3 Å². The minimum absolute atomic E-state index is 0.686. The summed E-state index contributed by atoms with van der Waals surface area (Å²) in [5.41, 5.74) is 2.99. The van der Waals surface area contributed by atoms with Gasteiger partial charge in [0.25, 0.3) is 0 Å². The summed E-state index contributed by atoms with van der Waals surface area (Å²) in [6, 6.07) is 8.26. The number of imidazole rings is 1. The van der Waals surface area contributed by atoms with Gasteiger partial charge < -0.3 is 9.47 Å². The molecule has 27 heavy (non-hydrogen) atoms. The van der Waals surface area contributed by atoms with Gasteiger partial charge in [-0.3, -0.25) is 0 Å². The number of aromatic nitrogens is 3. The molecule has 0 aliphatic heterocycles. The van der Waals surface area contributed by atoms with Crippen LogP contribution in [0.2, 0.25) is 0 Å². The maximum atomic E-state index is 5.92. The number of pyridine rings is 1. The SMILES string of the molecule is CCCCc1nc2c(N=CN(C)C)nc3ccccc3c2n1CCCCCl. The second-order valence-electron chi connectivity index (χ2n) is 7.04. The van der Waals surface area contributed by atoms with Crippen molar-refractivity contribution in [1.82, 2.24) is 19.4 Å². The summed E-state index contributed by atoms with van der Waals surface area (Å²) in [6.07, 6.45) is 7.08. The number of halogens is 1. The average Bonchev–Trinajstić information content (AvgIpc) is 3.03. The van der Waals surface area contributed by atoms with E-state index in [1.54, 1.807) is 6.34 Å². The maximum Gasteiger partial charge on any atom is 0.182 e. The first kappa shape index (κ1) is 19.6. The smallest absolute Gasteiger partial charge is 0.182 e. The van der Waals surface area contributed by atoms with Gasteiger partial charge in [-0.15, -0.1) is 11.6 Å². The summed E-state index contributed by atoms with van der Waals surface area (Å²) in [7, 11) is 3.92. The average molecular weight is 386 g/mol. The molecule has 5 nitrogen and oxygen atoms in total. The normalized spacial score (nSPS) is 11.9. The van der Waals surface area contributed by atoms with E-state index in [2.05, 4.69) is 28.6 Å². The van der Waals surface area contributed by atoms with E-state index in [4.69, 9.17) is 21.6 Å². The Morgan fingerprint density at radius 3 is 2.70 bits per heavy atom. The van der Waals surface area contributed by atoms with Crippen molar-refractivity contribution in [3.63, 3.8) is 0 Å². The van der Waals surface area contributed by atoms with Crippen LogP contribution < -0.4 is 0 Å². The summed E-state index contributed by atoms with van der Waals surface area (Å²) in [5, 5.41) is 1.14. The van der Waals surface area contributed by atoms with Crippen molar-refractivity contribution in [1.29, 1.82) is 0 Å². The van der Waals surface area contributed by atoms with Gasteiger partial charge >= 0.3 is 0 Å². The summed E-state index contributed by atoms with van der Waals surface area (Å²) >= 11 is 5.92. The van der Waals surface area contributed by atoms with E-state index < -0.39 is 0 Å². The molecule has 6 heteroatoms. The molecule has 0 saturated heterocycles. The number of aliphatic imine (C=N–C) groups is 1. The zero-order valence-electron chi connectivity index (χ0n) is 16.5. The molecule has 0 bridgehead atoms. The number of hydrogen-bond acceptors (Lipinski definition) is 3. The maximum absolute atomic E-state index is 5.92. The molecule has 2 heterocycles. The van der Waals surface area contributed by atoms with Crippen molar-refractivity contribution in [3.05, 3.63) is 30.1 Å². The van der Waals surface area contributed by atoms with E-state index in [0.29, 0.717) is 11.7 Å². The molecule has 0 aliphatic carbocycles. The van der Waals surface area contributed by atoms with Gasteiger partial charge in [-0.05, 0) is 25.3 Å². The van der Waals surface area contributed by atoms with E-state index in [9.17, 15) is 0 Å². The largest absolute Gasteiger partial charge is 0.369 e. The summed E-state index contributed by atoms with van der Waals surface area (Å²) in [4.78, 5) is 16.3. The van der Waals surface area contributed by atoms with Crippen molar-refractivity contribution >= 4 is 45.7 Å². The molecule has 0 amide bonds. The van der Waals surface area contributed by atoms with Gasteiger partial charge in [-0.2, -0.15) is 0 Å². The van der Waals surface area contributed by atoms with Crippen LogP contribution in [0.1, 0.15) is 38.4 Å². The third-order valence-electron chi connectivity index (χ3n) is 4.57. The van der Waals surface area contributed by atoms with Gasteiger partial charge in [-0.1, -0.05) is 31.5 Å². The van der Waals surface area contributed by atoms with Crippen LogP contribution in [0.5, 0.6) is 0 Å². The van der Waals surface area contributed by atoms with Crippen LogP contribution in [0.25, 0.3) is 21.9 Å². The zero-order chi connectivity index (χ0) is 19.2. The lowest BCUT2D eigenvalue weighted by atomic mass is 10.2. The second-order valence-corrected chi connectivity index (χ2v) is 7.42. The first-order valence-electron chi connectivity index (χ1n) is 9.70. The Morgan fingerprint density at radius 1 is 1.15 bits per heavy atom. The number of para-hydroxylation sites is 1. The Bertz CT molecular complexity index is 929. The fourth-order valence-corrected chi connectivity index (χ4v) is 3.45. The van der Waals surface area contributed by atoms with Gasteiger partial charge in [0.1, 0.15) is 11.3 Å². The fourth-order valence-electron chi connectivity index (χ4n) is 3.26. The molecule has 0 unspecified atom stereocenters. The minimum Gasteiger partial charge on any atom is -0.369 e. The highest BCUT2D eigenvalue weighted by Gasteiger charge is 2.17. The number of hydrogen-bond donors (Lipinski definition) is 0. The molecule has 0 fully saturated rings. The molecule has 3 aromatic rings. The van der Waals surface area contributed by atoms with Crippen molar-refractivity contribution in [2.75, 3.05) is 20.0 Å². The highest BCUT2D eigenvalue weighted by atomic mass is 35.5. The molecule has 0 spiro atoms. The number of fused-ring (bicyclic) bond motifs is 3. The molecule has 0 saturated carbocycles. The van der Waals surface area contributed by atoms with Crippen LogP contribution in [0, 0.1) is 0 Å². The number of alkyl halides is 1. The summed E-state index contributed by atoms with van der Waals surface area (Å²) < 4.78 is 2.37. The fraction of sp³-hybridized carbons (Fsp3) is 0.476. The van der Waals surface area contributed by atoms with E-state index in [1.165, 1.54) is 0 Å². The first-order chi connectivity index (χ1) is 13.2. The van der Waals surface area contributed by atoms with E-state index in [1.807, 2.05) is 31.1 Å². The zero-order valence-corrected chi connectivity index (χ0v) is 17.2. The van der Waals surface area contributed by atoms with Crippen LogP contribution >= 0.6 is 11.6 Å². The monoisotopic (exact) mass is 385 g/mol. The molecular weight excluding hydrogens is 358 g/mol. The van der Waals surface area contributed by atoms with Gasteiger partial charge in [0.15, 0.2) is 5.82 Å². The van der Waals surface area contributed by atoms with Gasteiger partial charge in [0.2, 0.25) is 0 Å². The second kappa shape index (κ2) is 9.18.